The van der Waals surface area contributed by atoms with E-state index >= 15 is 0 Å². The van der Waals surface area contributed by atoms with Crippen LogP contribution in [0.1, 0.15) is 18.4 Å². The molecule has 0 aliphatic carbocycles. The van der Waals surface area contributed by atoms with Crippen LogP contribution in [-0.2, 0) is 16.0 Å². The number of nitrogens with zero attached hydrogens (tertiary/aromatic N) is 1. The molecule has 5 nitrogen and oxygen atoms in total. The average Bonchev–Trinajstić information content (AvgIpc) is 2.78. The fraction of sp³-hybridized carbons (Fsp3) is 0.429. The van der Waals surface area contributed by atoms with Crippen LogP contribution in [0.4, 0.5) is 0 Å². The van der Waals surface area contributed by atoms with Crippen LogP contribution in [0.25, 0.3) is 0 Å². The summed E-state index contributed by atoms with van der Waals surface area (Å²) in [4.78, 5) is 24.4. The number of carboxylic acids is 1. The molecular weight excluding hydrogens is 326 g/mol. The molecule has 0 saturated carbocycles. The van der Waals surface area contributed by atoms with Gasteiger partial charge >= 0.3 is 5.97 Å². The molecule has 20 heavy (non-hydrogen) atoms. The smallest absolute Gasteiger partial charge is 0.326 e. The van der Waals surface area contributed by atoms with E-state index in [0.29, 0.717) is 6.42 Å². The van der Waals surface area contributed by atoms with Crippen molar-refractivity contribution < 1.29 is 19.8 Å². The predicted octanol–water partition coefficient (Wildman–Crippen LogP) is 1.43. The number of amides is 1. The number of hydrogen-bond acceptors (Lipinski definition) is 3. The van der Waals surface area contributed by atoms with Gasteiger partial charge in [0.05, 0.1) is 6.10 Å². The van der Waals surface area contributed by atoms with Crippen molar-refractivity contribution in [1.82, 2.24) is 4.90 Å². The molecule has 1 aromatic carbocycles. The zero-order valence-corrected chi connectivity index (χ0v) is 12.4. The predicted molar refractivity (Wildman–Crippen MR) is 76.2 cm³/mol. The van der Waals surface area contributed by atoms with Gasteiger partial charge in [-0.15, -0.1) is 0 Å². The quantitative estimate of drug-likeness (QED) is 0.868. The van der Waals surface area contributed by atoms with Crippen LogP contribution in [-0.4, -0.2) is 45.7 Å². The summed E-state index contributed by atoms with van der Waals surface area (Å²) in [6.07, 6.45) is 0.160. The summed E-state index contributed by atoms with van der Waals surface area (Å²) >= 11 is 3.37. The van der Waals surface area contributed by atoms with Gasteiger partial charge in [-0.3, -0.25) is 4.79 Å². The molecule has 0 spiro atoms. The number of aliphatic hydroxyl groups excluding tert-OH is 1. The second kappa shape index (κ2) is 6.37. The standard InChI is InChI=1S/C14H16BrNO4/c15-10-3-1-2-9(6-10)4-5-13(18)16-8-11(17)7-12(16)14(19)20/h1-3,6,11-12,17H,4-5,7-8H2,(H,19,20)/t11-,12-/m1/s1. The Hall–Kier alpha value is -1.40. The van der Waals surface area contributed by atoms with Crippen LogP contribution in [0.2, 0.25) is 0 Å². The maximum Gasteiger partial charge on any atom is 0.326 e. The molecule has 0 radical (unpaired) electrons. The van der Waals surface area contributed by atoms with E-state index in [2.05, 4.69) is 15.9 Å². The average molecular weight is 342 g/mol. The number of aryl methyl sites for hydroxylation is 1. The lowest BCUT2D eigenvalue weighted by Gasteiger charge is -2.21. The van der Waals surface area contributed by atoms with Gasteiger partial charge in [0.1, 0.15) is 6.04 Å². The van der Waals surface area contributed by atoms with Gasteiger partial charge in [-0.1, -0.05) is 28.1 Å². The molecule has 2 N–H and O–H groups in total. The number of likely N-dealkylation sites (tertiary alicyclic amines) is 1. The van der Waals surface area contributed by atoms with Crippen LogP contribution in [0.3, 0.4) is 0 Å². The van der Waals surface area contributed by atoms with Crippen LogP contribution < -0.4 is 0 Å². The normalized spacial score (nSPS) is 22.0. The van der Waals surface area contributed by atoms with Crippen LogP contribution in [0, 0.1) is 0 Å². The Bertz CT molecular complexity index is 520. The second-order valence-corrected chi connectivity index (χ2v) is 5.84. The van der Waals surface area contributed by atoms with Crippen molar-refractivity contribution in [2.75, 3.05) is 6.54 Å². The van der Waals surface area contributed by atoms with E-state index in [1.165, 1.54) is 4.90 Å². The highest BCUT2D eigenvalue weighted by atomic mass is 79.9. The van der Waals surface area contributed by atoms with Crippen molar-refractivity contribution in [3.05, 3.63) is 34.3 Å². The number of carbonyl (C=O) groups excluding carboxylic acids is 1. The van der Waals surface area contributed by atoms with E-state index in [-0.39, 0.29) is 25.3 Å². The molecule has 1 aliphatic heterocycles. The zero-order chi connectivity index (χ0) is 14.7. The number of aliphatic carboxylic acids is 1. The minimum Gasteiger partial charge on any atom is -0.480 e. The molecule has 1 amide bonds. The summed E-state index contributed by atoms with van der Waals surface area (Å²) in [5.41, 5.74) is 1.01. The molecule has 0 bridgehead atoms. The Morgan fingerprint density at radius 2 is 2.15 bits per heavy atom. The fourth-order valence-corrected chi connectivity index (χ4v) is 2.86. The summed E-state index contributed by atoms with van der Waals surface area (Å²) in [6.45, 7) is 0.105. The van der Waals surface area contributed by atoms with E-state index in [9.17, 15) is 14.7 Å². The van der Waals surface area contributed by atoms with Crippen LogP contribution in [0.5, 0.6) is 0 Å². The highest BCUT2D eigenvalue weighted by Crippen LogP contribution is 2.20. The first-order valence-corrected chi connectivity index (χ1v) is 7.21. The zero-order valence-electron chi connectivity index (χ0n) is 10.8. The van der Waals surface area contributed by atoms with Crippen molar-refractivity contribution in [3.8, 4) is 0 Å². The summed E-state index contributed by atoms with van der Waals surface area (Å²) in [6, 6.07) is 6.75. The number of carbonyl (C=O) groups is 2. The Balaban J connectivity index is 1.96. The molecule has 2 atom stereocenters. The number of aliphatic hydroxyl groups is 1. The number of halogens is 1. The van der Waals surface area contributed by atoms with Gasteiger partial charge in [-0.2, -0.15) is 0 Å². The van der Waals surface area contributed by atoms with Crippen LogP contribution >= 0.6 is 15.9 Å². The Morgan fingerprint density at radius 3 is 2.80 bits per heavy atom. The third kappa shape index (κ3) is 3.58. The van der Waals surface area contributed by atoms with Gasteiger partial charge < -0.3 is 15.1 Å². The maximum atomic E-state index is 12.1. The maximum absolute atomic E-state index is 12.1. The van der Waals surface area contributed by atoms with Gasteiger partial charge in [0.2, 0.25) is 5.91 Å². The molecule has 1 aromatic rings. The summed E-state index contributed by atoms with van der Waals surface area (Å²) < 4.78 is 0.947. The highest BCUT2D eigenvalue weighted by Gasteiger charge is 2.38. The molecule has 6 heteroatoms. The minimum absolute atomic E-state index is 0.105. The Kier molecular flexibility index (Phi) is 4.77. The SMILES string of the molecule is O=C(O)[C@H]1C[C@@H](O)CN1C(=O)CCc1cccc(Br)c1. The molecule has 0 aromatic heterocycles. The Labute approximate surface area is 125 Å². The molecule has 0 unspecified atom stereocenters. The molecular formula is C14H16BrNO4. The number of benzene rings is 1. The van der Waals surface area contributed by atoms with Crippen molar-refractivity contribution >= 4 is 27.8 Å². The van der Waals surface area contributed by atoms with Gasteiger partial charge in [0.25, 0.3) is 0 Å². The first-order chi connectivity index (χ1) is 9.47. The summed E-state index contributed by atoms with van der Waals surface area (Å²) in [5.74, 6) is -1.29. The van der Waals surface area contributed by atoms with Crippen LogP contribution in [0.15, 0.2) is 28.7 Å². The van der Waals surface area contributed by atoms with Crippen molar-refractivity contribution in [3.63, 3.8) is 0 Å². The lowest BCUT2D eigenvalue weighted by molar-refractivity contribution is -0.148. The first-order valence-electron chi connectivity index (χ1n) is 6.42. The Morgan fingerprint density at radius 1 is 1.40 bits per heavy atom. The third-order valence-corrected chi connectivity index (χ3v) is 3.89. The van der Waals surface area contributed by atoms with Gasteiger partial charge in [-0.05, 0) is 24.1 Å². The number of β-amino-alcohol motifs (C(OH)–C–C–N with tert-alkyl or cyclic N) is 1. The molecule has 1 heterocycles. The third-order valence-electron chi connectivity index (χ3n) is 3.40. The lowest BCUT2D eigenvalue weighted by Crippen LogP contribution is -2.40. The van der Waals surface area contributed by atoms with Gasteiger partial charge in [0.15, 0.2) is 0 Å². The van der Waals surface area contributed by atoms with E-state index in [1.807, 2.05) is 24.3 Å². The van der Waals surface area contributed by atoms with Crippen molar-refractivity contribution in [2.24, 2.45) is 0 Å². The monoisotopic (exact) mass is 341 g/mol. The summed E-state index contributed by atoms with van der Waals surface area (Å²) in [7, 11) is 0. The van der Waals surface area contributed by atoms with Gasteiger partial charge in [-0.25, -0.2) is 4.79 Å². The second-order valence-electron chi connectivity index (χ2n) is 4.92. The number of carboxylic acid groups (broad SMARTS) is 1. The lowest BCUT2D eigenvalue weighted by atomic mass is 10.1. The van der Waals surface area contributed by atoms with E-state index in [1.54, 1.807) is 0 Å². The molecule has 1 fully saturated rings. The largest absolute Gasteiger partial charge is 0.480 e. The number of rotatable bonds is 4. The highest BCUT2D eigenvalue weighted by molar-refractivity contribution is 9.10. The molecule has 1 aliphatic rings. The van der Waals surface area contributed by atoms with E-state index in [4.69, 9.17) is 5.11 Å². The minimum atomic E-state index is -1.06. The molecule has 2 rings (SSSR count). The molecule has 108 valence electrons. The number of hydrogen-bond donors (Lipinski definition) is 2. The van der Waals surface area contributed by atoms with E-state index < -0.39 is 18.1 Å². The fourth-order valence-electron chi connectivity index (χ4n) is 2.41. The van der Waals surface area contributed by atoms with Crippen molar-refractivity contribution in [1.29, 1.82) is 0 Å². The van der Waals surface area contributed by atoms with Crippen molar-refractivity contribution in [2.45, 2.75) is 31.4 Å². The summed E-state index contributed by atoms with van der Waals surface area (Å²) in [5, 5.41) is 18.6. The first kappa shape index (κ1) is 15.0. The topological polar surface area (TPSA) is 77.8 Å². The molecule has 1 saturated heterocycles. The van der Waals surface area contributed by atoms with Gasteiger partial charge in [0, 0.05) is 23.9 Å². The van der Waals surface area contributed by atoms with E-state index in [0.717, 1.165) is 10.0 Å².